The summed E-state index contributed by atoms with van der Waals surface area (Å²) in [5, 5.41) is 3.70. The summed E-state index contributed by atoms with van der Waals surface area (Å²) in [4.78, 5) is 0. The zero-order valence-corrected chi connectivity index (χ0v) is 8.66. The maximum Gasteiger partial charge on any atom is 0.0372 e. The molecule has 1 nitrogen and oxygen atoms in total. The van der Waals surface area contributed by atoms with Crippen molar-refractivity contribution in [1.82, 2.24) is 0 Å². The summed E-state index contributed by atoms with van der Waals surface area (Å²) >= 11 is 0. The van der Waals surface area contributed by atoms with Gasteiger partial charge in [-0.05, 0) is 49.7 Å². The molecular weight excluding hydrogens is 170 g/mol. The van der Waals surface area contributed by atoms with Gasteiger partial charge in [-0.3, -0.25) is 0 Å². The van der Waals surface area contributed by atoms with Crippen LogP contribution in [0.15, 0.2) is 24.3 Å². The maximum atomic E-state index is 3.70. The molecule has 0 radical (unpaired) electrons. The lowest BCUT2D eigenvalue weighted by molar-refractivity contribution is 0.654. The van der Waals surface area contributed by atoms with E-state index in [-0.39, 0.29) is 0 Å². The van der Waals surface area contributed by atoms with Gasteiger partial charge in [-0.1, -0.05) is 18.2 Å². The molecule has 3 atom stereocenters. The monoisotopic (exact) mass is 187 g/mol. The normalized spacial score (nSPS) is 33.9. The average molecular weight is 187 g/mol. The minimum atomic E-state index is 0.765. The van der Waals surface area contributed by atoms with E-state index in [0.29, 0.717) is 0 Å². The van der Waals surface area contributed by atoms with Gasteiger partial charge < -0.3 is 5.32 Å². The Labute approximate surface area is 85.5 Å². The first-order valence-corrected chi connectivity index (χ1v) is 5.67. The topological polar surface area (TPSA) is 12.0 Å². The molecule has 3 rings (SSSR count). The number of fused-ring (bicyclic) bond motifs is 1. The molecule has 74 valence electrons. The van der Waals surface area contributed by atoms with Crippen LogP contribution in [-0.4, -0.2) is 6.04 Å². The van der Waals surface area contributed by atoms with Crippen LogP contribution in [0.5, 0.6) is 0 Å². The van der Waals surface area contributed by atoms with Crippen molar-refractivity contribution in [3.05, 3.63) is 29.8 Å². The Kier molecular flexibility index (Phi) is 1.79. The Morgan fingerprint density at radius 3 is 2.71 bits per heavy atom. The third kappa shape index (κ3) is 1.31. The van der Waals surface area contributed by atoms with Crippen molar-refractivity contribution in [3.8, 4) is 0 Å². The van der Waals surface area contributed by atoms with E-state index in [1.165, 1.54) is 30.5 Å². The second kappa shape index (κ2) is 3.01. The van der Waals surface area contributed by atoms with Gasteiger partial charge in [0.05, 0.1) is 0 Å². The van der Waals surface area contributed by atoms with Gasteiger partial charge in [-0.25, -0.2) is 0 Å². The number of aryl methyl sites for hydroxylation is 1. The lowest BCUT2D eigenvalue weighted by Gasteiger charge is -2.17. The number of anilines is 1. The highest BCUT2D eigenvalue weighted by atomic mass is 15.0. The van der Waals surface area contributed by atoms with Crippen molar-refractivity contribution >= 4 is 5.69 Å². The molecule has 0 saturated heterocycles. The third-order valence-electron chi connectivity index (χ3n) is 3.83. The number of benzene rings is 1. The van der Waals surface area contributed by atoms with Crippen molar-refractivity contribution < 1.29 is 0 Å². The Balaban J connectivity index is 1.74. The standard InChI is InChI=1S/C13H17N/c1-9-4-2-3-5-12(9)14-13-7-6-10-8-11(10)13/h2-5,10-11,13-14H,6-8H2,1H3/t10-,11+,13?/m1/s1. The fourth-order valence-corrected chi connectivity index (χ4v) is 2.82. The predicted molar refractivity (Wildman–Crippen MR) is 59.4 cm³/mol. The second-order valence-corrected chi connectivity index (χ2v) is 4.80. The summed E-state index contributed by atoms with van der Waals surface area (Å²) in [7, 11) is 0. The molecule has 1 heteroatoms. The molecule has 0 amide bonds. The fourth-order valence-electron chi connectivity index (χ4n) is 2.82. The van der Waals surface area contributed by atoms with Crippen LogP contribution in [0.1, 0.15) is 24.8 Å². The lowest BCUT2D eigenvalue weighted by atomic mass is 10.1. The van der Waals surface area contributed by atoms with Gasteiger partial charge in [0.15, 0.2) is 0 Å². The first-order chi connectivity index (χ1) is 6.84. The van der Waals surface area contributed by atoms with Gasteiger partial charge in [0.1, 0.15) is 0 Å². The first-order valence-electron chi connectivity index (χ1n) is 5.67. The number of nitrogens with one attached hydrogen (secondary N) is 1. The quantitative estimate of drug-likeness (QED) is 0.749. The fraction of sp³-hybridized carbons (Fsp3) is 0.538. The molecule has 1 aromatic carbocycles. The second-order valence-electron chi connectivity index (χ2n) is 4.80. The summed E-state index contributed by atoms with van der Waals surface area (Å²) in [5.41, 5.74) is 2.71. The highest BCUT2D eigenvalue weighted by Crippen LogP contribution is 2.52. The summed E-state index contributed by atoms with van der Waals surface area (Å²) in [6.45, 7) is 2.18. The zero-order chi connectivity index (χ0) is 9.54. The van der Waals surface area contributed by atoms with Crippen LogP contribution in [0, 0.1) is 18.8 Å². The average Bonchev–Trinajstić information content (AvgIpc) is 2.87. The molecule has 2 aliphatic carbocycles. The largest absolute Gasteiger partial charge is 0.382 e. The van der Waals surface area contributed by atoms with Crippen molar-refractivity contribution in [1.29, 1.82) is 0 Å². The van der Waals surface area contributed by atoms with Gasteiger partial charge in [-0.15, -0.1) is 0 Å². The van der Waals surface area contributed by atoms with Crippen LogP contribution in [0.4, 0.5) is 5.69 Å². The third-order valence-corrected chi connectivity index (χ3v) is 3.83. The van der Waals surface area contributed by atoms with Crippen molar-refractivity contribution in [2.45, 2.75) is 32.2 Å². The molecular formula is C13H17N. The van der Waals surface area contributed by atoms with Crippen LogP contribution in [0.25, 0.3) is 0 Å². The van der Waals surface area contributed by atoms with Gasteiger partial charge in [0.25, 0.3) is 0 Å². The van der Waals surface area contributed by atoms with E-state index in [1.807, 2.05) is 0 Å². The van der Waals surface area contributed by atoms with Crippen LogP contribution in [-0.2, 0) is 0 Å². The molecule has 1 N–H and O–H groups in total. The molecule has 1 aromatic rings. The first kappa shape index (κ1) is 8.34. The molecule has 1 unspecified atom stereocenters. The highest BCUT2D eigenvalue weighted by molar-refractivity contribution is 5.51. The minimum Gasteiger partial charge on any atom is -0.382 e. The van der Waals surface area contributed by atoms with E-state index >= 15 is 0 Å². The van der Waals surface area contributed by atoms with Crippen molar-refractivity contribution in [3.63, 3.8) is 0 Å². The Morgan fingerprint density at radius 1 is 1.21 bits per heavy atom. The van der Waals surface area contributed by atoms with Gasteiger partial charge in [0, 0.05) is 11.7 Å². The van der Waals surface area contributed by atoms with E-state index in [4.69, 9.17) is 0 Å². The Bertz CT molecular complexity index is 345. The van der Waals surface area contributed by atoms with Crippen LogP contribution in [0.3, 0.4) is 0 Å². The SMILES string of the molecule is Cc1ccccc1NC1CC[C@@H]2C[C@H]12. The predicted octanol–water partition coefficient (Wildman–Crippen LogP) is 3.21. The molecule has 0 aliphatic heterocycles. The summed E-state index contributed by atoms with van der Waals surface area (Å²) in [6, 6.07) is 9.37. The van der Waals surface area contributed by atoms with Crippen LogP contribution >= 0.6 is 0 Å². The van der Waals surface area contributed by atoms with E-state index in [9.17, 15) is 0 Å². The molecule has 0 heterocycles. The highest BCUT2D eigenvalue weighted by Gasteiger charge is 2.47. The summed E-state index contributed by atoms with van der Waals surface area (Å²) in [5.74, 6) is 2.06. The number of rotatable bonds is 2. The molecule has 14 heavy (non-hydrogen) atoms. The molecule has 0 spiro atoms. The molecule has 0 bridgehead atoms. The molecule has 2 aliphatic rings. The lowest BCUT2D eigenvalue weighted by Crippen LogP contribution is -2.19. The number of hydrogen-bond donors (Lipinski definition) is 1. The van der Waals surface area contributed by atoms with E-state index < -0.39 is 0 Å². The van der Waals surface area contributed by atoms with Crippen molar-refractivity contribution in [2.24, 2.45) is 11.8 Å². The van der Waals surface area contributed by atoms with E-state index in [0.717, 1.165) is 17.9 Å². The smallest absolute Gasteiger partial charge is 0.0372 e. The van der Waals surface area contributed by atoms with E-state index in [2.05, 4.69) is 36.5 Å². The van der Waals surface area contributed by atoms with Crippen molar-refractivity contribution in [2.75, 3.05) is 5.32 Å². The molecule has 0 aromatic heterocycles. The Morgan fingerprint density at radius 2 is 2.07 bits per heavy atom. The zero-order valence-electron chi connectivity index (χ0n) is 8.66. The van der Waals surface area contributed by atoms with Gasteiger partial charge in [-0.2, -0.15) is 0 Å². The molecule has 2 saturated carbocycles. The minimum absolute atomic E-state index is 0.765. The number of hydrogen-bond acceptors (Lipinski definition) is 1. The van der Waals surface area contributed by atoms with Gasteiger partial charge in [0.2, 0.25) is 0 Å². The summed E-state index contributed by atoms with van der Waals surface area (Å²) < 4.78 is 0. The maximum absolute atomic E-state index is 3.70. The number of para-hydroxylation sites is 1. The van der Waals surface area contributed by atoms with Gasteiger partial charge >= 0.3 is 0 Å². The van der Waals surface area contributed by atoms with Crippen LogP contribution < -0.4 is 5.32 Å². The van der Waals surface area contributed by atoms with Crippen LogP contribution in [0.2, 0.25) is 0 Å². The van der Waals surface area contributed by atoms with E-state index in [1.54, 1.807) is 0 Å². The summed E-state index contributed by atoms with van der Waals surface area (Å²) in [6.07, 6.45) is 4.31. The molecule has 2 fully saturated rings. The Hall–Kier alpha value is -0.980.